The van der Waals surface area contributed by atoms with E-state index in [0.29, 0.717) is 29.2 Å². The Kier molecular flexibility index (Phi) is 7.19. The van der Waals surface area contributed by atoms with Gasteiger partial charge in [0.2, 0.25) is 6.10 Å². The molecule has 1 amide bonds. The maximum absolute atomic E-state index is 13.0. The van der Waals surface area contributed by atoms with E-state index in [2.05, 4.69) is 5.32 Å². The van der Waals surface area contributed by atoms with Crippen molar-refractivity contribution in [2.24, 2.45) is 0 Å². The molecule has 30 heavy (non-hydrogen) atoms. The van der Waals surface area contributed by atoms with Gasteiger partial charge >= 0.3 is 5.97 Å². The normalized spacial score (nSPS) is 11.4. The molecule has 0 aromatic heterocycles. The molecule has 0 saturated carbocycles. The van der Waals surface area contributed by atoms with Gasteiger partial charge in [0.1, 0.15) is 5.75 Å². The molecular formula is C24H23NO5. The number of hydrogen-bond donors (Lipinski definition) is 1. The van der Waals surface area contributed by atoms with Crippen molar-refractivity contribution in [3.63, 3.8) is 0 Å². The number of rotatable bonds is 8. The van der Waals surface area contributed by atoms with Crippen LogP contribution < -0.4 is 10.1 Å². The molecule has 0 spiro atoms. The van der Waals surface area contributed by atoms with Crippen molar-refractivity contribution < 1.29 is 23.8 Å². The Labute approximate surface area is 175 Å². The summed E-state index contributed by atoms with van der Waals surface area (Å²) >= 11 is 0. The molecule has 1 unspecified atom stereocenters. The fourth-order valence-corrected chi connectivity index (χ4v) is 2.91. The third-order valence-electron chi connectivity index (χ3n) is 4.40. The van der Waals surface area contributed by atoms with Crippen molar-refractivity contribution in [2.75, 3.05) is 19.5 Å². The van der Waals surface area contributed by atoms with Gasteiger partial charge in [0.05, 0.1) is 19.3 Å². The summed E-state index contributed by atoms with van der Waals surface area (Å²) in [6.07, 6.45) is -1.10. The standard InChI is InChI=1S/C24H23NO5/c1-28-16-17-7-6-10-19(15-17)24(27)30-22(18-8-4-3-5-9-18)23(26)25-20-11-13-21(29-2)14-12-20/h3-15,22H,16H2,1-2H3,(H,25,26). The average Bonchev–Trinajstić information content (AvgIpc) is 2.78. The highest BCUT2D eigenvalue weighted by Gasteiger charge is 2.26. The van der Waals surface area contributed by atoms with E-state index in [1.165, 1.54) is 0 Å². The van der Waals surface area contributed by atoms with Crippen LogP contribution in [0.15, 0.2) is 78.9 Å². The van der Waals surface area contributed by atoms with Gasteiger partial charge in [-0.2, -0.15) is 0 Å². The van der Waals surface area contributed by atoms with E-state index in [4.69, 9.17) is 14.2 Å². The summed E-state index contributed by atoms with van der Waals surface area (Å²) in [4.78, 5) is 25.7. The van der Waals surface area contributed by atoms with Gasteiger partial charge in [-0.15, -0.1) is 0 Å². The molecular weight excluding hydrogens is 382 g/mol. The predicted octanol–water partition coefficient (Wildman–Crippen LogP) is 4.38. The van der Waals surface area contributed by atoms with E-state index in [0.717, 1.165) is 5.56 Å². The SMILES string of the molecule is COCc1cccc(C(=O)OC(C(=O)Nc2ccc(OC)cc2)c2ccccc2)c1. The van der Waals surface area contributed by atoms with Crippen LogP contribution in [0.25, 0.3) is 0 Å². The summed E-state index contributed by atoms with van der Waals surface area (Å²) < 4.78 is 15.9. The molecule has 3 rings (SSSR count). The smallest absolute Gasteiger partial charge is 0.339 e. The fraction of sp³-hybridized carbons (Fsp3) is 0.167. The van der Waals surface area contributed by atoms with E-state index in [9.17, 15) is 9.59 Å². The van der Waals surface area contributed by atoms with E-state index in [1.807, 2.05) is 12.1 Å². The number of carbonyl (C=O) groups is 2. The first kappa shape index (κ1) is 21.1. The predicted molar refractivity (Wildman–Crippen MR) is 113 cm³/mol. The molecule has 1 atom stereocenters. The highest BCUT2D eigenvalue weighted by atomic mass is 16.5. The summed E-state index contributed by atoms with van der Waals surface area (Å²) in [7, 11) is 3.15. The molecule has 154 valence electrons. The van der Waals surface area contributed by atoms with Crippen molar-refractivity contribution in [1.82, 2.24) is 0 Å². The molecule has 3 aromatic rings. The van der Waals surface area contributed by atoms with Gasteiger partial charge in [0.15, 0.2) is 0 Å². The zero-order valence-electron chi connectivity index (χ0n) is 16.8. The number of methoxy groups -OCH3 is 2. The number of nitrogens with one attached hydrogen (secondary N) is 1. The maximum atomic E-state index is 13.0. The van der Waals surface area contributed by atoms with Crippen LogP contribution in [0, 0.1) is 0 Å². The fourth-order valence-electron chi connectivity index (χ4n) is 2.91. The second kappa shape index (κ2) is 10.2. The zero-order chi connectivity index (χ0) is 21.3. The van der Waals surface area contributed by atoms with Crippen LogP contribution in [-0.4, -0.2) is 26.1 Å². The number of anilines is 1. The van der Waals surface area contributed by atoms with Gasteiger partial charge in [-0.25, -0.2) is 4.79 Å². The summed E-state index contributed by atoms with van der Waals surface area (Å²) in [5.74, 6) is -0.366. The average molecular weight is 405 g/mol. The van der Waals surface area contributed by atoms with Crippen LogP contribution in [0.2, 0.25) is 0 Å². The molecule has 0 aliphatic carbocycles. The number of hydrogen-bond acceptors (Lipinski definition) is 5. The Morgan fingerprint density at radius 3 is 2.30 bits per heavy atom. The summed E-state index contributed by atoms with van der Waals surface area (Å²) in [5.41, 5.74) is 2.33. The van der Waals surface area contributed by atoms with Crippen LogP contribution in [0.1, 0.15) is 27.6 Å². The lowest BCUT2D eigenvalue weighted by atomic mass is 10.1. The first-order valence-corrected chi connectivity index (χ1v) is 9.39. The Hall–Kier alpha value is -3.64. The van der Waals surface area contributed by atoms with E-state index < -0.39 is 18.0 Å². The molecule has 0 fully saturated rings. The molecule has 0 radical (unpaired) electrons. The Balaban J connectivity index is 1.81. The molecule has 0 saturated heterocycles. The van der Waals surface area contributed by atoms with Crippen LogP contribution in [0.5, 0.6) is 5.75 Å². The van der Waals surface area contributed by atoms with Crippen LogP contribution >= 0.6 is 0 Å². The minimum absolute atomic E-state index is 0.350. The lowest BCUT2D eigenvalue weighted by molar-refractivity contribution is -0.125. The second-order valence-electron chi connectivity index (χ2n) is 6.55. The van der Waals surface area contributed by atoms with Gasteiger partial charge < -0.3 is 19.5 Å². The van der Waals surface area contributed by atoms with Gasteiger partial charge in [-0.05, 0) is 42.0 Å². The Bertz CT molecular complexity index is 986. The largest absolute Gasteiger partial charge is 0.497 e. The lowest BCUT2D eigenvalue weighted by Crippen LogP contribution is -2.26. The molecule has 1 N–H and O–H groups in total. The lowest BCUT2D eigenvalue weighted by Gasteiger charge is -2.18. The van der Waals surface area contributed by atoms with Gasteiger partial charge in [0, 0.05) is 18.4 Å². The summed E-state index contributed by atoms with van der Waals surface area (Å²) in [6.45, 7) is 0.376. The van der Waals surface area contributed by atoms with Crippen molar-refractivity contribution in [1.29, 1.82) is 0 Å². The maximum Gasteiger partial charge on any atom is 0.339 e. The second-order valence-corrected chi connectivity index (χ2v) is 6.55. The Morgan fingerprint density at radius 1 is 0.900 bits per heavy atom. The molecule has 0 aliphatic rings. The topological polar surface area (TPSA) is 73.9 Å². The number of benzene rings is 3. The first-order valence-electron chi connectivity index (χ1n) is 9.39. The van der Waals surface area contributed by atoms with Crippen molar-refractivity contribution in [2.45, 2.75) is 12.7 Å². The first-order chi connectivity index (χ1) is 14.6. The number of ether oxygens (including phenoxy) is 3. The summed E-state index contributed by atoms with van der Waals surface area (Å²) in [5, 5.41) is 2.79. The minimum atomic E-state index is -1.10. The van der Waals surface area contributed by atoms with Crippen molar-refractivity contribution >= 4 is 17.6 Å². The highest BCUT2D eigenvalue weighted by Crippen LogP contribution is 2.23. The van der Waals surface area contributed by atoms with Crippen LogP contribution in [-0.2, 0) is 20.9 Å². The van der Waals surface area contributed by atoms with E-state index in [-0.39, 0.29) is 0 Å². The number of amides is 1. The third kappa shape index (κ3) is 5.46. The van der Waals surface area contributed by atoms with Gasteiger partial charge in [-0.1, -0.05) is 42.5 Å². The van der Waals surface area contributed by atoms with Crippen molar-refractivity contribution in [3.05, 3.63) is 95.6 Å². The number of carbonyl (C=O) groups excluding carboxylic acids is 2. The monoisotopic (exact) mass is 405 g/mol. The van der Waals surface area contributed by atoms with Gasteiger partial charge in [0.25, 0.3) is 5.91 Å². The van der Waals surface area contributed by atoms with Gasteiger partial charge in [-0.3, -0.25) is 4.79 Å². The van der Waals surface area contributed by atoms with E-state index >= 15 is 0 Å². The summed E-state index contributed by atoms with van der Waals surface area (Å²) in [6, 6.07) is 22.7. The van der Waals surface area contributed by atoms with E-state index in [1.54, 1.807) is 80.9 Å². The quantitative estimate of drug-likeness (QED) is 0.563. The minimum Gasteiger partial charge on any atom is -0.497 e. The molecule has 6 nitrogen and oxygen atoms in total. The Morgan fingerprint density at radius 2 is 1.63 bits per heavy atom. The molecule has 6 heteroatoms. The zero-order valence-corrected chi connectivity index (χ0v) is 16.8. The third-order valence-corrected chi connectivity index (χ3v) is 4.40. The molecule has 0 aliphatic heterocycles. The molecule has 0 bridgehead atoms. The molecule has 3 aromatic carbocycles. The van der Waals surface area contributed by atoms with Crippen molar-refractivity contribution in [3.8, 4) is 5.75 Å². The molecule has 0 heterocycles. The number of esters is 1. The highest BCUT2D eigenvalue weighted by molar-refractivity contribution is 5.98. The van der Waals surface area contributed by atoms with Crippen LogP contribution in [0.3, 0.4) is 0 Å². The van der Waals surface area contributed by atoms with Crippen LogP contribution in [0.4, 0.5) is 5.69 Å².